The van der Waals surface area contributed by atoms with Crippen molar-refractivity contribution in [3.8, 4) is 0 Å². The highest BCUT2D eigenvalue weighted by Crippen LogP contribution is 2.22. The Balaban J connectivity index is 1.99. The van der Waals surface area contributed by atoms with Crippen LogP contribution in [-0.4, -0.2) is 32.4 Å². The molecule has 0 aliphatic rings. The number of carboxylic acids is 1. The van der Waals surface area contributed by atoms with E-state index in [0.717, 1.165) is 5.39 Å². The molecular formula is C19H18N2O4. The molecule has 1 N–H and O–H groups in total. The van der Waals surface area contributed by atoms with Crippen molar-refractivity contribution in [1.29, 1.82) is 0 Å². The predicted molar refractivity (Wildman–Crippen MR) is 92.4 cm³/mol. The standard InChI is InChI=1S/C19H18N2O4/c1-19(2,18(23)24)25-12-15-14-10-6-7-11-16(14)21(20-15)17(22)13-8-4-3-5-9-13/h3-11H,12H2,1-2H3,(H,23,24). The molecule has 6 heteroatoms. The summed E-state index contributed by atoms with van der Waals surface area (Å²) in [5.41, 5.74) is 0.361. The lowest BCUT2D eigenvalue weighted by atomic mass is 10.1. The molecule has 25 heavy (non-hydrogen) atoms. The van der Waals surface area contributed by atoms with Gasteiger partial charge >= 0.3 is 5.97 Å². The van der Waals surface area contributed by atoms with Crippen molar-refractivity contribution in [2.45, 2.75) is 26.1 Å². The Morgan fingerprint density at radius 1 is 1.08 bits per heavy atom. The number of carboxylic acid groups (broad SMARTS) is 1. The first-order valence-corrected chi connectivity index (χ1v) is 7.84. The molecule has 1 heterocycles. The molecule has 0 unspecified atom stereocenters. The van der Waals surface area contributed by atoms with Gasteiger partial charge < -0.3 is 9.84 Å². The molecule has 0 aliphatic heterocycles. The Morgan fingerprint density at radius 2 is 1.72 bits per heavy atom. The summed E-state index contributed by atoms with van der Waals surface area (Å²) in [5.74, 6) is -1.31. The van der Waals surface area contributed by atoms with E-state index in [0.29, 0.717) is 16.8 Å². The van der Waals surface area contributed by atoms with Gasteiger partial charge in [0.05, 0.1) is 17.8 Å². The van der Waals surface area contributed by atoms with Crippen molar-refractivity contribution in [1.82, 2.24) is 9.78 Å². The topological polar surface area (TPSA) is 81.4 Å². The highest BCUT2D eigenvalue weighted by atomic mass is 16.5. The Hall–Kier alpha value is -2.99. The predicted octanol–water partition coefficient (Wildman–Crippen LogP) is 3.10. The molecule has 0 bridgehead atoms. The number of hydrogen-bond donors (Lipinski definition) is 1. The fourth-order valence-corrected chi connectivity index (χ4v) is 2.41. The van der Waals surface area contributed by atoms with Crippen molar-refractivity contribution in [3.63, 3.8) is 0 Å². The number of carbonyl (C=O) groups excluding carboxylic acids is 1. The van der Waals surface area contributed by atoms with Gasteiger partial charge in [-0.25, -0.2) is 4.79 Å². The van der Waals surface area contributed by atoms with Gasteiger partial charge in [-0.3, -0.25) is 4.79 Å². The van der Waals surface area contributed by atoms with Crippen LogP contribution < -0.4 is 0 Å². The van der Waals surface area contributed by atoms with Crippen LogP contribution in [0.3, 0.4) is 0 Å². The van der Waals surface area contributed by atoms with E-state index < -0.39 is 11.6 Å². The summed E-state index contributed by atoms with van der Waals surface area (Å²) >= 11 is 0. The molecule has 0 spiro atoms. The fourth-order valence-electron chi connectivity index (χ4n) is 2.41. The molecule has 3 aromatic rings. The van der Waals surface area contributed by atoms with Gasteiger partial charge in [-0.2, -0.15) is 9.78 Å². The molecule has 128 valence electrons. The largest absolute Gasteiger partial charge is 0.479 e. The zero-order valence-electron chi connectivity index (χ0n) is 14.0. The molecule has 0 atom stereocenters. The normalized spacial score (nSPS) is 11.6. The van der Waals surface area contributed by atoms with Crippen LogP contribution in [0.5, 0.6) is 0 Å². The molecule has 0 saturated heterocycles. The van der Waals surface area contributed by atoms with Crippen LogP contribution in [0.15, 0.2) is 54.6 Å². The molecule has 2 aromatic carbocycles. The number of rotatable bonds is 5. The molecule has 0 saturated carbocycles. The average Bonchev–Trinajstić information content (AvgIpc) is 2.99. The number of aliphatic carboxylic acids is 1. The maximum atomic E-state index is 12.7. The smallest absolute Gasteiger partial charge is 0.335 e. The summed E-state index contributed by atoms with van der Waals surface area (Å²) in [5, 5.41) is 14.3. The number of nitrogens with zero attached hydrogens (tertiary/aromatic N) is 2. The van der Waals surface area contributed by atoms with Crippen molar-refractivity contribution in [2.75, 3.05) is 0 Å². The molecule has 0 radical (unpaired) electrons. The first-order valence-electron chi connectivity index (χ1n) is 7.84. The first-order chi connectivity index (χ1) is 11.9. The maximum Gasteiger partial charge on any atom is 0.335 e. The highest BCUT2D eigenvalue weighted by molar-refractivity contribution is 6.01. The van der Waals surface area contributed by atoms with E-state index in [1.807, 2.05) is 24.3 Å². The van der Waals surface area contributed by atoms with E-state index in [1.54, 1.807) is 30.3 Å². The monoisotopic (exact) mass is 338 g/mol. The fraction of sp³-hybridized carbons (Fsp3) is 0.211. The van der Waals surface area contributed by atoms with Crippen molar-refractivity contribution >= 4 is 22.8 Å². The second-order valence-corrected chi connectivity index (χ2v) is 6.15. The summed E-state index contributed by atoms with van der Waals surface area (Å²) in [6.07, 6.45) is 0. The lowest BCUT2D eigenvalue weighted by molar-refractivity contribution is -0.162. The maximum absolute atomic E-state index is 12.7. The lowest BCUT2D eigenvalue weighted by Crippen LogP contribution is -2.34. The van der Waals surface area contributed by atoms with Gasteiger partial charge in [0.15, 0.2) is 5.60 Å². The van der Waals surface area contributed by atoms with Gasteiger partial charge in [-0.1, -0.05) is 36.4 Å². The van der Waals surface area contributed by atoms with Crippen molar-refractivity contribution in [2.24, 2.45) is 0 Å². The minimum Gasteiger partial charge on any atom is -0.479 e. The van der Waals surface area contributed by atoms with E-state index in [2.05, 4.69) is 5.10 Å². The number of carbonyl (C=O) groups is 2. The second-order valence-electron chi connectivity index (χ2n) is 6.15. The van der Waals surface area contributed by atoms with Gasteiger partial charge in [0.2, 0.25) is 0 Å². The lowest BCUT2D eigenvalue weighted by Gasteiger charge is -2.19. The number of aromatic nitrogens is 2. The average molecular weight is 338 g/mol. The zero-order chi connectivity index (χ0) is 18.0. The number of para-hydroxylation sites is 1. The Kier molecular flexibility index (Phi) is 4.37. The number of benzene rings is 2. The molecule has 0 fully saturated rings. The second kappa shape index (κ2) is 6.49. The molecule has 6 nitrogen and oxygen atoms in total. The summed E-state index contributed by atoms with van der Waals surface area (Å²) in [6, 6.07) is 16.2. The third-order valence-corrected chi connectivity index (χ3v) is 3.96. The van der Waals surface area contributed by atoms with Crippen LogP contribution in [0.25, 0.3) is 10.9 Å². The molecule has 1 aromatic heterocycles. The minimum absolute atomic E-state index is 0.00508. The van der Waals surface area contributed by atoms with E-state index >= 15 is 0 Å². The summed E-state index contributed by atoms with van der Waals surface area (Å²) in [6.45, 7) is 2.95. The first kappa shape index (κ1) is 16.9. The summed E-state index contributed by atoms with van der Waals surface area (Å²) in [4.78, 5) is 23.9. The van der Waals surface area contributed by atoms with Crippen LogP contribution in [0.2, 0.25) is 0 Å². The van der Waals surface area contributed by atoms with Crippen molar-refractivity contribution in [3.05, 3.63) is 65.9 Å². The highest BCUT2D eigenvalue weighted by Gasteiger charge is 2.29. The van der Waals surface area contributed by atoms with Crippen LogP contribution in [-0.2, 0) is 16.1 Å². The van der Waals surface area contributed by atoms with Crippen molar-refractivity contribution < 1.29 is 19.4 Å². The van der Waals surface area contributed by atoms with E-state index in [9.17, 15) is 9.59 Å². The molecule has 0 aliphatic carbocycles. The quantitative estimate of drug-likeness (QED) is 0.773. The van der Waals surface area contributed by atoms with Gasteiger partial charge in [-0.15, -0.1) is 0 Å². The SMILES string of the molecule is CC(C)(OCc1nn(C(=O)c2ccccc2)c2ccccc12)C(=O)O. The molecular weight excluding hydrogens is 320 g/mol. The van der Waals surface area contributed by atoms with Gasteiger partial charge in [0.1, 0.15) is 0 Å². The Labute approximate surface area is 144 Å². The zero-order valence-corrected chi connectivity index (χ0v) is 14.0. The van der Waals surface area contributed by atoms with Gasteiger partial charge in [0, 0.05) is 10.9 Å². The van der Waals surface area contributed by atoms with E-state index in [-0.39, 0.29) is 12.5 Å². The van der Waals surface area contributed by atoms with Gasteiger partial charge in [0.25, 0.3) is 5.91 Å². The number of hydrogen-bond acceptors (Lipinski definition) is 4. The van der Waals surface area contributed by atoms with Crippen LogP contribution >= 0.6 is 0 Å². The van der Waals surface area contributed by atoms with Crippen LogP contribution in [0, 0.1) is 0 Å². The summed E-state index contributed by atoms with van der Waals surface area (Å²) in [7, 11) is 0. The van der Waals surface area contributed by atoms with E-state index in [4.69, 9.17) is 9.84 Å². The Morgan fingerprint density at radius 3 is 2.40 bits per heavy atom. The van der Waals surface area contributed by atoms with Crippen LogP contribution in [0.1, 0.15) is 29.9 Å². The minimum atomic E-state index is -1.34. The van der Waals surface area contributed by atoms with Crippen LogP contribution in [0.4, 0.5) is 0 Å². The molecule has 3 rings (SSSR count). The molecule has 0 amide bonds. The third kappa shape index (κ3) is 3.29. The number of fused-ring (bicyclic) bond motifs is 1. The van der Waals surface area contributed by atoms with E-state index in [1.165, 1.54) is 18.5 Å². The number of ether oxygens (including phenoxy) is 1. The van der Waals surface area contributed by atoms with Gasteiger partial charge in [-0.05, 0) is 32.0 Å². The third-order valence-electron chi connectivity index (χ3n) is 3.96. The summed E-state index contributed by atoms with van der Waals surface area (Å²) < 4.78 is 6.83. The Bertz CT molecular complexity index is 929.